The van der Waals surface area contributed by atoms with Crippen LogP contribution >= 0.6 is 0 Å². The third kappa shape index (κ3) is 1.84. The second kappa shape index (κ2) is 4.31. The molecule has 0 saturated heterocycles. The van der Waals surface area contributed by atoms with E-state index in [0.717, 1.165) is 22.2 Å². The van der Waals surface area contributed by atoms with Crippen molar-refractivity contribution in [1.29, 1.82) is 0 Å². The Bertz CT molecular complexity index is 874. The van der Waals surface area contributed by atoms with Crippen molar-refractivity contribution in [2.24, 2.45) is 0 Å². The lowest BCUT2D eigenvalue weighted by Gasteiger charge is -2.09. The van der Waals surface area contributed by atoms with Gasteiger partial charge in [-0.1, -0.05) is 24.3 Å². The molecule has 1 atom stereocenters. The van der Waals surface area contributed by atoms with Gasteiger partial charge in [-0.05, 0) is 35.9 Å². The molecular weight excluding hydrogens is 264 g/mol. The van der Waals surface area contributed by atoms with Crippen LogP contribution in [-0.4, -0.2) is 16.0 Å². The van der Waals surface area contributed by atoms with Crippen LogP contribution in [0.2, 0.25) is 0 Å². The number of fused-ring (bicyclic) bond motifs is 2. The van der Waals surface area contributed by atoms with Crippen molar-refractivity contribution in [3.8, 4) is 5.75 Å². The van der Waals surface area contributed by atoms with Gasteiger partial charge in [-0.3, -0.25) is 9.78 Å². The molecule has 0 bridgehead atoms. The lowest BCUT2D eigenvalue weighted by atomic mass is 9.96. The molecule has 1 amide bonds. The Labute approximate surface area is 121 Å². The Kier molecular flexibility index (Phi) is 2.44. The van der Waals surface area contributed by atoms with Crippen molar-refractivity contribution in [2.45, 2.75) is 5.92 Å². The maximum Gasteiger partial charge on any atom is 0.238 e. The average molecular weight is 276 g/mol. The van der Waals surface area contributed by atoms with E-state index in [1.54, 1.807) is 18.2 Å². The minimum Gasteiger partial charge on any atom is -0.508 e. The molecule has 1 unspecified atom stereocenters. The zero-order valence-electron chi connectivity index (χ0n) is 11.1. The summed E-state index contributed by atoms with van der Waals surface area (Å²) in [5.74, 6) is -0.439. The number of aromatic hydroxyl groups is 1. The van der Waals surface area contributed by atoms with Gasteiger partial charge >= 0.3 is 0 Å². The molecule has 2 aromatic carbocycles. The molecule has 1 aliphatic heterocycles. The summed E-state index contributed by atoms with van der Waals surface area (Å²) in [5.41, 5.74) is 3.05. The number of nitrogens with one attached hydrogen (secondary N) is 1. The highest BCUT2D eigenvalue weighted by molar-refractivity contribution is 6.05. The Morgan fingerprint density at radius 1 is 1.05 bits per heavy atom. The van der Waals surface area contributed by atoms with E-state index in [-0.39, 0.29) is 11.7 Å². The van der Waals surface area contributed by atoms with Gasteiger partial charge in [0, 0.05) is 11.1 Å². The van der Waals surface area contributed by atoms with E-state index in [2.05, 4.69) is 10.3 Å². The van der Waals surface area contributed by atoms with Crippen LogP contribution in [0.3, 0.4) is 0 Å². The van der Waals surface area contributed by atoms with Crippen molar-refractivity contribution < 1.29 is 9.90 Å². The van der Waals surface area contributed by atoms with Crippen molar-refractivity contribution in [2.75, 3.05) is 5.32 Å². The minimum absolute atomic E-state index is 0.113. The Morgan fingerprint density at radius 3 is 2.81 bits per heavy atom. The first kappa shape index (κ1) is 11.9. The number of nitrogens with zero attached hydrogens (tertiary/aromatic N) is 1. The van der Waals surface area contributed by atoms with E-state index in [0.29, 0.717) is 5.69 Å². The van der Waals surface area contributed by atoms with E-state index in [9.17, 15) is 9.90 Å². The van der Waals surface area contributed by atoms with E-state index in [1.165, 1.54) is 0 Å². The Morgan fingerprint density at radius 2 is 1.90 bits per heavy atom. The fraction of sp³-hybridized carbons (Fsp3) is 0.0588. The van der Waals surface area contributed by atoms with Gasteiger partial charge in [0.05, 0.1) is 11.2 Å². The Hall–Kier alpha value is -2.88. The molecule has 102 valence electrons. The zero-order chi connectivity index (χ0) is 14.4. The standard InChI is InChI=1S/C17H12N2O2/c20-11-6-8-14-12(9-11)16(17(21)19-14)15-7-5-10-3-1-2-4-13(10)18-15/h1-9,16,20H,(H,19,21). The molecule has 0 aliphatic carbocycles. The van der Waals surface area contributed by atoms with Crippen LogP contribution in [0.15, 0.2) is 54.6 Å². The van der Waals surface area contributed by atoms with Gasteiger partial charge in [-0.15, -0.1) is 0 Å². The number of benzene rings is 2. The van der Waals surface area contributed by atoms with Gasteiger partial charge in [-0.25, -0.2) is 0 Å². The number of carbonyl (C=O) groups excluding carboxylic acids is 1. The van der Waals surface area contributed by atoms with Gasteiger partial charge in [0.15, 0.2) is 0 Å². The number of carbonyl (C=O) groups is 1. The van der Waals surface area contributed by atoms with Crippen LogP contribution in [0.25, 0.3) is 10.9 Å². The predicted molar refractivity (Wildman–Crippen MR) is 80.3 cm³/mol. The Balaban J connectivity index is 1.89. The average Bonchev–Trinajstić information content (AvgIpc) is 2.82. The van der Waals surface area contributed by atoms with Crippen LogP contribution in [0.1, 0.15) is 17.2 Å². The highest BCUT2D eigenvalue weighted by atomic mass is 16.3. The van der Waals surface area contributed by atoms with Gasteiger partial charge in [0.25, 0.3) is 0 Å². The maximum absolute atomic E-state index is 12.2. The molecule has 2 N–H and O–H groups in total. The number of amides is 1. The van der Waals surface area contributed by atoms with Crippen LogP contribution in [0.5, 0.6) is 5.75 Å². The van der Waals surface area contributed by atoms with Crippen LogP contribution in [0, 0.1) is 0 Å². The van der Waals surface area contributed by atoms with E-state index < -0.39 is 5.92 Å². The molecule has 0 spiro atoms. The number of phenolic OH excluding ortho intramolecular Hbond substituents is 1. The number of para-hydroxylation sites is 1. The molecule has 4 heteroatoms. The largest absolute Gasteiger partial charge is 0.508 e. The van der Waals surface area contributed by atoms with Crippen LogP contribution in [-0.2, 0) is 4.79 Å². The summed E-state index contributed by atoms with van der Waals surface area (Å²) in [4.78, 5) is 16.8. The lowest BCUT2D eigenvalue weighted by molar-refractivity contribution is -0.116. The zero-order valence-corrected chi connectivity index (χ0v) is 11.1. The summed E-state index contributed by atoms with van der Waals surface area (Å²) in [6.45, 7) is 0. The summed E-state index contributed by atoms with van der Waals surface area (Å²) < 4.78 is 0. The molecule has 4 nitrogen and oxygen atoms in total. The van der Waals surface area contributed by atoms with Crippen molar-refractivity contribution in [3.05, 3.63) is 65.9 Å². The molecule has 0 fully saturated rings. The number of rotatable bonds is 1. The number of anilines is 1. The SMILES string of the molecule is O=C1Nc2ccc(O)cc2C1c1ccc2ccccc2n1. The smallest absolute Gasteiger partial charge is 0.238 e. The topological polar surface area (TPSA) is 62.2 Å². The van der Waals surface area contributed by atoms with E-state index >= 15 is 0 Å². The monoisotopic (exact) mass is 276 g/mol. The van der Waals surface area contributed by atoms with E-state index in [1.807, 2.05) is 36.4 Å². The fourth-order valence-electron chi connectivity index (χ4n) is 2.79. The van der Waals surface area contributed by atoms with Crippen LogP contribution < -0.4 is 5.32 Å². The first-order valence-electron chi connectivity index (χ1n) is 6.72. The van der Waals surface area contributed by atoms with Crippen molar-refractivity contribution in [3.63, 3.8) is 0 Å². The summed E-state index contributed by atoms with van der Waals surface area (Å²) in [5, 5.41) is 13.5. The summed E-state index contributed by atoms with van der Waals surface area (Å²) >= 11 is 0. The maximum atomic E-state index is 12.2. The second-order valence-corrected chi connectivity index (χ2v) is 5.12. The highest BCUT2D eigenvalue weighted by Crippen LogP contribution is 2.38. The van der Waals surface area contributed by atoms with Crippen molar-refractivity contribution in [1.82, 2.24) is 4.98 Å². The van der Waals surface area contributed by atoms with Crippen LogP contribution in [0.4, 0.5) is 5.69 Å². The molecule has 1 aromatic heterocycles. The molecule has 3 aromatic rings. The number of hydrogen-bond acceptors (Lipinski definition) is 3. The summed E-state index contributed by atoms with van der Waals surface area (Å²) in [6, 6.07) is 16.5. The molecule has 0 saturated carbocycles. The molecule has 1 aliphatic rings. The third-order valence-electron chi connectivity index (χ3n) is 3.78. The first-order valence-corrected chi connectivity index (χ1v) is 6.72. The number of hydrogen-bond donors (Lipinski definition) is 2. The van der Waals surface area contributed by atoms with Gasteiger partial charge in [0.2, 0.25) is 5.91 Å². The van der Waals surface area contributed by atoms with Gasteiger partial charge in [-0.2, -0.15) is 0 Å². The molecule has 4 rings (SSSR count). The first-order chi connectivity index (χ1) is 10.2. The van der Waals surface area contributed by atoms with Gasteiger partial charge < -0.3 is 10.4 Å². The molecule has 2 heterocycles. The van der Waals surface area contributed by atoms with E-state index in [4.69, 9.17) is 0 Å². The number of pyridine rings is 1. The normalized spacial score (nSPS) is 16.8. The summed E-state index contributed by atoms with van der Waals surface area (Å²) in [7, 11) is 0. The minimum atomic E-state index is -0.475. The quantitative estimate of drug-likeness (QED) is 0.671. The van der Waals surface area contributed by atoms with Crippen molar-refractivity contribution >= 4 is 22.5 Å². The molecule has 21 heavy (non-hydrogen) atoms. The number of aromatic nitrogens is 1. The fourth-order valence-corrected chi connectivity index (χ4v) is 2.79. The second-order valence-electron chi connectivity index (χ2n) is 5.12. The molecular formula is C17H12N2O2. The highest BCUT2D eigenvalue weighted by Gasteiger charge is 2.33. The third-order valence-corrected chi connectivity index (χ3v) is 3.78. The molecule has 0 radical (unpaired) electrons. The lowest BCUT2D eigenvalue weighted by Crippen LogP contribution is -2.14. The van der Waals surface area contributed by atoms with Gasteiger partial charge in [0.1, 0.15) is 11.7 Å². The summed E-state index contributed by atoms with van der Waals surface area (Å²) in [6.07, 6.45) is 0. The predicted octanol–water partition coefficient (Wildman–Crippen LogP) is 3.02. The number of phenols is 1.